The first kappa shape index (κ1) is 19.8. The molecule has 1 amide bonds. The maximum atomic E-state index is 13.8. The monoisotopic (exact) mass is 373 g/mol. The molecule has 1 aliphatic heterocycles. The molecule has 1 fully saturated rings. The summed E-state index contributed by atoms with van der Waals surface area (Å²) in [4.78, 5) is 14.2. The van der Waals surface area contributed by atoms with Crippen molar-refractivity contribution in [1.82, 2.24) is 10.2 Å². The number of nitrogens with two attached hydrogens (primary N) is 1. The van der Waals surface area contributed by atoms with Crippen LogP contribution in [0.2, 0.25) is 0 Å². The minimum atomic E-state index is -3.99. The highest BCUT2D eigenvalue weighted by Crippen LogP contribution is 2.17. The number of rotatable bonds is 8. The molecule has 7 nitrogen and oxygen atoms in total. The van der Waals surface area contributed by atoms with Crippen LogP contribution in [0.3, 0.4) is 0 Å². The Morgan fingerprint density at radius 1 is 1.48 bits per heavy atom. The van der Waals surface area contributed by atoms with Gasteiger partial charge in [0.1, 0.15) is 5.82 Å². The van der Waals surface area contributed by atoms with Crippen molar-refractivity contribution >= 4 is 15.9 Å². The minimum Gasteiger partial charge on any atom is -0.385 e. The summed E-state index contributed by atoms with van der Waals surface area (Å²) in [6.07, 6.45) is 1.91. The lowest BCUT2D eigenvalue weighted by Gasteiger charge is -2.16. The topological polar surface area (TPSA) is 102 Å². The SMILES string of the molecule is COCCCN1CCC(CNC(=O)c2cc(S(N)(=O)=O)ccc2F)C1. The van der Waals surface area contributed by atoms with Gasteiger partial charge in [0.25, 0.3) is 5.91 Å². The summed E-state index contributed by atoms with van der Waals surface area (Å²) in [5, 5.41) is 7.70. The van der Waals surface area contributed by atoms with Gasteiger partial charge in [-0.05, 0) is 43.5 Å². The molecule has 1 heterocycles. The predicted octanol–water partition coefficient (Wildman–Crippen LogP) is 0.561. The number of carbonyl (C=O) groups excluding carboxylic acids is 1. The maximum Gasteiger partial charge on any atom is 0.254 e. The van der Waals surface area contributed by atoms with Crippen molar-refractivity contribution in [2.45, 2.75) is 17.7 Å². The number of benzene rings is 1. The van der Waals surface area contributed by atoms with E-state index < -0.39 is 21.7 Å². The molecule has 1 aromatic rings. The molecule has 25 heavy (non-hydrogen) atoms. The van der Waals surface area contributed by atoms with Crippen LogP contribution in [0.1, 0.15) is 23.2 Å². The molecule has 1 saturated heterocycles. The van der Waals surface area contributed by atoms with Gasteiger partial charge in [-0.2, -0.15) is 0 Å². The van der Waals surface area contributed by atoms with Gasteiger partial charge in [0.05, 0.1) is 10.5 Å². The number of likely N-dealkylation sites (tertiary alicyclic amines) is 1. The molecule has 1 aliphatic rings. The molecule has 0 radical (unpaired) electrons. The number of hydrogen-bond acceptors (Lipinski definition) is 5. The zero-order chi connectivity index (χ0) is 18.4. The number of methoxy groups -OCH3 is 1. The lowest BCUT2D eigenvalue weighted by atomic mass is 10.1. The summed E-state index contributed by atoms with van der Waals surface area (Å²) >= 11 is 0. The molecule has 1 atom stereocenters. The van der Waals surface area contributed by atoms with E-state index in [1.807, 2.05) is 0 Å². The van der Waals surface area contributed by atoms with Crippen molar-refractivity contribution in [2.75, 3.05) is 39.9 Å². The molecule has 0 aliphatic carbocycles. The molecule has 0 spiro atoms. The fourth-order valence-electron chi connectivity index (χ4n) is 2.90. The first-order valence-corrected chi connectivity index (χ1v) is 9.67. The van der Waals surface area contributed by atoms with E-state index in [2.05, 4.69) is 10.2 Å². The third-order valence-electron chi connectivity index (χ3n) is 4.26. The molecule has 9 heteroatoms. The van der Waals surface area contributed by atoms with Gasteiger partial charge in [-0.1, -0.05) is 0 Å². The van der Waals surface area contributed by atoms with Crippen LogP contribution < -0.4 is 10.5 Å². The molecular formula is C16H24FN3O4S. The van der Waals surface area contributed by atoms with Crippen LogP contribution in [0.4, 0.5) is 4.39 Å². The molecule has 1 unspecified atom stereocenters. The van der Waals surface area contributed by atoms with Crippen molar-refractivity contribution in [2.24, 2.45) is 11.1 Å². The molecule has 2 rings (SSSR count). The first-order valence-electron chi connectivity index (χ1n) is 8.13. The highest BCUT2D eigenvalue weighted by molar-refractivity contribution is 7.89. The summed E-state index contributed by atoms with van der Waals surface area (Å²) in [5.41, 5.74) is -0.318. The number of hydrogen-bond donors (Lipinski definition) is 2. The highest BCUT2D eigenvalue weighted by atomic mass is 32.2. The molecule has 140 valence electrons. The lowest BCUT2D eigenvalue weighted by Crippen LogP contribution is -2.32. The van der Waals surface area contributed by atoms with Gasteiger partial charge in [-0.25, -0.2) is 17.9 Å². The number of nitrogens with zero attached hydrogens (tertiary/aromatic N) is 1. The van der Waals surface area contributed by atoms with Crippen LogP contribution in [0, 0.1) is 11.7 Å². The van der Waals surface area contributed by atoms with Gasteiger partial charge in [-0.15, -0.1) is 0 Å². The van der Waals surface area contributed by atoms with E-state index in [1.54, 1.807) is 7.11 Å². The lowest BCUT2D eigenvalue weighted by molar-refractivity contribution is 0.0943. The second kappa shape index (κ2) is 8.70. The number of halogens is 1. The van der Waals surface area contributed by atoms with Crippen LogP contribution in [0.25, 0.3) is 0 Å². The Balaban J connectivity index is 1.89. The molecule has 0 bridgehead atoms. The van der Waals surface area contributed by atoms with E-state index in [1.165, 1.54) is 0 Å². The smallest absolute Gasteiger partial charge is 0.254 e. The Bertz CT molecular complexity index is 711. The molecule has 0 saturated carbocycles. The normalized spacial score (nSPS) is 18.4. The second-order valence-electron chi connectivity index (χ2n) is 6.20. The summed E-state index contributed by atoms with van der Waals surface area (Å²) in [7, 11) is -2.32. The largest absolute Gasteiger partial charge is 0.385 e. The van der Waals surface area contributed by atoms with Crippen LogP contribution in [-0.2, 0) is 14.8 Å². The zero-order valence-electron chi connectivity index (χ0n) is 14.2. The van der Waals surface area contributed by atoms with E-state index in [0.29, 0.717) is 6.54 Å². The van der Waals surface area contributed by atoms with Gasteiger partial charge in [0.2, 0.25) is 10.0 Å². The van der Waals surface area contributed by atoms with Crippen molar-refractivity contribution in [3.8, 4) is 0 Å². The average Bonchev–Trinajstić information content (AvgIpc) is 3.00. The summed E-state index contributed by atoms with van der Waals surface area (Å²) in [6, 6.07) is 2.93. The highest BCUT2D eigenvalue weighted by Gasteiger charge is 2.23. The third-order valence-corrected chi connectivity index (χ3v) is 5.17. The van der Waals surface area contributed by atoms with Crippen molar-refractivity contribution < 1.29 is 22.3 Å². The van der Waals surface area contributed by atoms with Gasteiger partial charge < -0.3 is 15.0 Å². The number of nitrogens with one attached hydrogen (secondary N) is 1. The van der Waals surface area contributed by atoms with Gasteiger partial charge in [0, 0.05) is 33.4 Å². The average molecular weight is 373 g/mol. The van der Waals surface area contributed by atoms with Crippen molar-refractivity contribution in [3.05, 3.63) is 29.6 Å². The number of carbonyl (C=O) groups is 1. The Hall–Kier alpha value is -1.55. The van der Waals surface area contributed by atoms with Crippen molar-refractivity contribution in [1.29, 1.82) is 0 Å². The van der Waals surface area contributed by atoms with Crippen molar-refractivity contribution in [3.63, 3.8) is 0 Å². The molecule has 1 aromatic carbocycles. The number of sulfonamides is 1. The van der Waals surface area contributed by atoms with Crippen LogP contribution >= 0.6 is 0 Å². The summed E-state index contributed by atoms with van der Waals surface area (Å²) < 4.78 is 41.5. The molecule has 3 N–H and O–H groups in total. The first-order chi connectivity index (χ1) is 11.8. The van der Waals surface area contributed by atoms with Gasteiger partial charge >= 0.3 is 0 Å². The van der Waals surface area contributed by atoms with Crippen LogP contribution in [0.15, 0.2) is 23.1 Å². The van der Waals surface area contributed by atoms with Gasteiger partial charge in [-0.3, -0.25) is 4.79 Å². The number of ether oxygens (including phenoxy) is 1. The Morgan fingerprint density at radius 2 is 2.24 bits per heavy atom. The third kappa shape index (κ3) is 5.74. The molecule has 0 aromatic heterocycles. The molecular weight excluding hydrogens is 349 g/mol. The van der Waals surface area contributed by atoms with E-state index >= 15 is 0 Å². The Kier molecular flexibility index (Phi) is 6.88. The zero-order valence-corrected chi connectivity index (χ0v) is 15.0. The standard InChI is InChI=1S/C16H24FN3O4S/c1-24-8-2-6-20-7-5-12(11-20)10-19-16(21)14-9-13(25(18,22)23)3-4-15(14)17/h3-4,9,12H,2,5-8,10-11H2,1H3,(H,19,21)(H2,18,22,23). The fraction of sp³-hybridized carbons (Fsp3) is 0.562. The van der Waals surface area contributed by atoms with Crippen LogP contribution in [0.5, 0.6) is 0 Å². The second-order valence-corrected chi connectivity index (χ2v) is 7.76. The quantitative estimate of drug-likeness (QED) is 0.649. The van der Waals surface area contributed by atoms with E-state index in [-0.39, 0.29) is 16.4 Å². The maximum absolute atomic E-state index is 13.8. The Morgan fingerprint density at radius 3 is 2.92 bits per heavy atom. The summed E-state index contributed by atoms with van der Waals surface area (Å²) in [6.45, 7) is 3.91. The Labute approximate surface area is 147 Å². The predicted molar refractivity (Wildman–Crippen MR) is 91.1 cm³/mol. The fourth-order valence-corrected chi connectivity index (χ4v) is 3.44. The van der Waals surface area contributed by atoms with E-state index in [4.69, 9.17) is 9.88 Å². The summed E-state index contributed by atoms with van der Waals surface area (Å²) in [5.74, 6) is -1.13. The van der Waals surface area contributed by atoms with E-state index in [0.717, 1.165) is 57.3 Å². The van der Waals surface area contributed by atoms with E-state index in [9.17, 15) is 17.6 Å². The minimum absolute atomic E-state index is 0.288. The van der Waals surface area contributed by atoms with Crippen LogP contribution in [-0.4, -0.2) is 59.1 Å². The van der Waals surface area contributed by atoms with Gasteiger partial charge in [0.15, 0.2) is 0 Å². The number of amides is 1. The number of primary sulfonamides is 1.